The Hall–Kier alpha value is -4.00. The Morgan fingerprint density at radius 3 is 2.59 bits per heavy atom. The SMILES string of the molecule is C=CS(=O)(=O)N(C)c1nc(C(=O)NCc2ccc(F)cc2)c(O)c2nc(CN=O)cnc12. The summed E-state index contributed by atoms with van der Waals surface area (Å²) >= 11 is 0. The quantitative estimate of drug-likeness (QED) is 0.484. The molecule has 32 heavy (non-hydrogen) atoms. The number of nitrogens with zero attached hydrogens (tertiary/aromatic N) is 5. The predicted molar refractivity (Wildman–Crippen MR) is 114 cm³/mol. The van der Waals surface area contributed by atoms with E-state index in [1.54, 1.807) is 0 Å². The van der Waals surface area contributed by atoms with Gasteiger partial charge in [0.2, 0.25) is 0 Å². The maximum atomic E-state index is 13.1. The van der Waals surface area contributed by atoms with Crippen LogP contribution in [0.1, 0.15) is 21.7 Å². The summed E-state index contributed by atoms with van der Waals surface area (Å²) in [5.74, 6) is -2.24. The number of fused-ring (bicyclic) bond motifs is 1. The molecule has 0 bridgehead atoms. The fraction of sp³-hybridized carbons (Fsp3) is 0.158. The molecule has 2 N–H and O–H groups in total. The van der Waals surface area contributed by atoms with Crippen LogP contribution in [-0.2, 0) is 23.1 Å². The Morgan fingerprint density at radius 2 is 1.97 bits per heavy atom. The highest BCUT2D eigenvalue weighted by Gasteiger charge is 2.26. The van der Waals surface area contributed by atoms with E-state index in [1.165, 1.54) is 37.5 Å². The van der Waals surface area contributed by atoms with E-state index in [-0.39, 0.29) is 35.6 Å². The van der Waals surface area contributed by atoms with Crippen LogP contribution in [0.4, 0.5) is 10.2 Å². The van der Waals surface area contributed by atoms with Gasteiger partial charge in [0.05, 0.1) is 11.9 Å². The first kappa shape index (κ1) is 22.7. The monoisotopic (exact) mass is 460 g/mol. The van der Waals surface area contributed by atoms with Crippen LogP contribution in [0.2, 0.25) is 0 Å². The highest BCUT2D eigenvalue weighted by molar-refractivity contribution is 7.95. The van der Waals surface area contributed by atoms with Crippen molar-refractivity contribution in [2.45, 2.75) is 13.1 Å². The van der Waals surface area contributed by atoms with E-state index >= 15 is 0 Å². The molecule has 3 aromatic rings. The number of sulfonamides is 1. The Balaban J connectivity index is 2.10. The molecule has 1 aromatic carbocycles. The van der Waals surface area contributed by atoms with E-state index in [0.29, 0.717) is 11.0 Å². The van der Waals surface area contributed by atoms with Crippen molar-refractivity contribution in [1.82, 2.24) is 20.3 Å². The average Bonchev–Trinajstić information content (AvgIpc) is 2.78. The molecule has 2 aromatic heterocycles. The van der Waals surface area contributed by atoms with Crippen molar-refractivity contribution in [2.24, 2.45) is 5.18 Å². The fourth-order valence-corrected chi connectivity index (χ4v) is 3.29. The number of anilines is 1. The highest BCUT2D eigenvalue weighted by atomic mass is 32.2. The van der Waals surface area contributed by atoms with Crippen LogP contribution in [0.25, 0.3) is 11.0 Å². The van der Waals surface area contributed by atoms with E-state index in [4.69, 9.17) is 0 Å². The molecule has 0 aliphatic carbocycles. The zero-order chi connectivity index (χ0) is 23.5. The number of aromatic hydroxyl groups is 1. The van der Waals surface area contributed by atoms with Crippen molar-refractivity contribution in [3.05, 3.63) is 70.1 Å². The number of carbonyl (C=O) groups is 1. The van der Waals surface area contributed by atoms with E-state index in [1.807, 2.05) is 0 Å². The van der Waals surface area contributed by atoms with Crippen molar-refractivity contribution >= 4 is 32.8 Å². The zero-order valence-corrected chi connectivity index (χ0v) is 17.5. The Morgan fingerprint density at radius 1 is 1.28 bits per heavy atom. The molecular formula is C19H17FN6O5S. The van der Waals surface area contributed by atoms with Gasteiger partial charge in [0.25, 0.3) is 15.9 Å². The number of nitroso groups, excluding NO2 is 1. The molecule has 0 atom stereocenters. The minimum absolute atomic E-state index is 0.0187. The molecule has 2 heterocycles. The number of hydrogen-bond acceptors (Lipinski definition) is 9. The molecule has 3 rings (SSSR count). The van der Waals surface area contributed by atoms with Gasteiger partial charge in [-0.25, -0.2) is 27.8 Å². The van der Waals surface area contributed by atoms with Gasteiger partial charge in [0.15, 0.2) is 17.3 Å². The summed E-state index contributed by atoms with van der Waals surface area (Å²) in [5.41, 5.74) is -0.224. The molecular weight excluding hydrogens is 443 g/mol. The van der Waals surface area contributed by atoms with Gasteiger partial charge >= 0.3 is 0 Å². The third-order valence-corrected chi connectivity index (χ3v) is 5.76. The first-order chi connectivity index (χ1) is 15.2. The van der Waals surface area contributed by atoms with Gasteiger partial charge in [0, 0.05) is 19.0 Å². The molecule has 1 amide bonds. The predicted octanol–water partition coefficient (Wildman–Crippen LogP) is 1.98. The second kappa shape index (κ2) is 9.01. The van der Waals surface area contributed by atoms with Gasteiger partial charge in [0.1, 0.15) is 23.4 Å². The van der Waals surface area contributed by atoms with Crippen LogP contribution >= 0.6 is 0 Å². The lowest BCUT2D eigenvalue weighted by Crippen LogP contribution is -2.28. The van der Waals surface area contributed by atoms with Crippen LogP contribution in [0.5, 0.6) is 5.75 Å². The van der Waals surface area contributed by atoms with E-state index in [9.17, 15) is 27.6 Å². The number of hydrogen-bond donors (Lipinski definition) is 2. The second-order valence-electron chi connectivity index (χ2n) is 6.47. The smallest absolute Gasteiger partial charge is 0.274 e. The number of rotatable bonds is 8. The summed E-state index contributed by atoms with van der Waals surface area (Å²) in [7, 11) is -2.86. The van der Waals surface area contributed by atoms with Crippen LogP contribution in [-0.4, -0.2) is 41.4 Å². The first-order valence-corrected chi connectivity index (χ1v) is 10.5. The van der Waals surface area contributed by atoms with Crippen molar-refractivity contribution in [1.29, 1.82) is 0 Å². The highest BCUT2D eigenvalue weighted by Crippen LogP contribution is 2.32. The molecule has 0 fully saturated rings. The molecule has 13 heteroatoms. The molecule has 166 valence electrons. The average molecular weight is 460 g/mol. The lowest BCUT2D eigenvalue weighted by Gasteiger charge is -2.19. The van der Waals surface area contributed by atoms with Crippen molar-refractivity contribution in [3.8, 4) is 5.75 Å². The molecule has 0 radical (unpaired) electrons. The van der Waals surface area contributed by atoms with Crippen LogP contribution < -0.4 is 9.62 Å². The standard InChI is InChI=1S/C19H17FN6O5S/c1-3-32(30,31)26(2)18-15-14(24-13(9-21-15)10-23-29)17(27)16(25-18)19(28)22-8-11-4-6-12(20)7-5-11/h3-7,9,27H,1,8,10H2,2H3,(H,22,28). The van der Waals surface area contributed by atoms with E-state index in [2.05, 4.69) is 32.0 Å². The number of pyridine rings is 1. The normalized spacial score (nSPS) is 11.2. The number of aromatic nitrogens is 3. The molecule has 11 nitrogen and oxygen atoms in total. The molecule has 0 spiro atoms. The summed E-state index contributed by atoms with van der Waals surface area (Å²) in [6.07, 6.45) is 1.18. The van der Waals surface area contributed by atoms with Crippen LogP contribution in [0.3, 0.4) is 0 Å². The van der Waals surface area contributed by atoms with Crippen LogP contribution in [0, 0.1) is 10.7 Å². The van der Waals surface area contributed by atoms with Gasteiger partial charge < -0.3 is 10.4 Å². The van der Waals surface area contributed by atoms with Gasteiger partial charge in [-0.1, -0.05) is 23.9 Å². The van der Waals surface area contributed by atoms with E-state index in [0.717, 1.165) is 4.31 Å². The molecule has 0 unspecified atom stereocenters. The zero-order valence-electron chi connectivity index (χ0n) is 16.7. The molecule has 0 aliphatic heterocycles. The molecule has 0 aliphatic rings. The van der Waals surface area contributed by atoms with Crippen LogP contribution in [0.15, 0.2) is 47.6 Å². The van der Waals surface area contributed by atoms with Gasteiger partial charge in [-0.05, 0) is 17.7 Å². The number of halogens is 1. The fourth-order valence-electron chi connectivity index (χ4n) is 2.70. The molecule has 0 saturated carbocycles. The topological polar surface area (TPSA) is 155 Å². The summed E-state index contributed by atoms with van der Waals surface area (Å²) < 4.78 is 38.4. The Bertz CT molecular complexity index is 1310. The maximum absolute atomic E-state index is 13.1. The van der Waals surface area contributed by atoms with Gasteiger partial charge in [-0.15, -0.1) is 0 Å². The first-order valence-electron chi connectivity index (χ1n) is 8.99. The number of benzene rings is 1. The van der Waals surface area contributed by atoms with Crippen molar-refractivity contribution in [2.75, 3.05) is 11.4 Å². The molecule has 0 saturated heterocycles. The Labute approximate surface area is 181 Å². The summed E-state index contributed by atoms with van der Waals surface area (Å²) in [6, 6.07) is 5.37. The maximum Gasteiger partial charge on any atom is 0.274 e. The second-order valence-corrected chi connectivity index (χ2v) is 8.38. The summed E-state index contributed by atoms with van der Waals surface area (Å²) in [5, 5.41) is 16.5. The number of nitrogens with one attached hydrogen (secondary N) is 1. The minimum Gasteiger partial charge on any atom is -0.504 e. The number of amides is 1. The summed E-state index contributed by atoms with van der Waals surface area (Å²) in [4.78, 5) is 35.4. The summed E-state index contributed by atoms with van der Waals surface area (Å²) in [6.45, 7) is 2.87. The van der Waals surface area contributed by atoms with Gasteiger partial charge in [-0.2, -0.15) is 4.91 Å². The van der Waals surface area contributed by atoms with Crippen molar-refractivity contribution < 1.29 is 22.7 Å². The Kier molecular flexibility index (Phi) is 6.39. The number of carbonyl (C=O) groups excluding carboxylic acids is 1. The van der Waals surface area contributed by atoms with Gasteiger partial charge in [-0.3, -0.25) is 9.10 Å². The largest absolute Gasteiger partial charge is 0.504 e. The van der Waals surface area contributed by atoms with E-state index < -0.39 is 33.2 Å². The minimum atomic E-state index is -4.03. The third-order valence-electron chi connectivity index (χ3n) is 4.40. The lowest BCUT2D eigenvalue weighted by atomic mass is 10.2. The third kappa shape index (κ3) is 4.51. The lowest BCUT2D eigenvalue weighted by molar-refractivity contribution is 0.0943. The van der Waals surface area contributed by atoms with Crippen molar-refractivity contribution in [3.63, 3.8) is 0 Å².